The number of allylic oxidation sites excluding steroid dienone is 1. The molecule has 1 aromatic carbocycles. The summed E-state index contributed by atoms with van der Waals surface area (Å²) >= 11 is 0. The molecule has 0 aliphatic carbocycles. The minimum absolute atomic E-state index is 0. The van der Waals surface area contributed by atoms with E-state index in [2.05, 4.69) is 10.3 Å². The number of amides is 1. The van der Waals surface area contributed by atoms with E-state index in [1.165, 1.54) is 13.2 Å². The number of carboxylic acid groups (broad SMARTS) is 1. The van der Waals surface area contributed by atoms with Crippen LogP contribution >= 0.6 is 17.0 Å². The summed E-state index contributed by atoms with van der Waals surface area (Å²) in [6, 6.07) is 1.46. The first-order valence-electron chi connectivity index (χ1n) is 8.73. The van der Waals surface area contributed by atoms with E-state index in [0.29, 0.717) is 35.4 Å². The maximum atomic E-state index is 11.6. The molecule has 0 fully saturated rings. The summed E-state index contributed by atoms with van der Waals surface area (Å²) in [5.41, 5.74) is 7.21. The van der Waals surface area contributed by atoms with E-state index in [9.17, 15) is 14.7 Å². The lowest BCUT2D eigenvalue weighted by Crippen LogP contribution is -2.32. The maximum absolute atomic E-state index is 11.6. The normalized spacial score (nSPS) is 11.3. The van der Waals surface area contributed by atoms with Crippen LogP contribution in [-0.2, 0) is 11.3 Å². The van der Waals surface area contributed by atoms with Crippen molar-refractivity contribution in [2.75, 3.05) is 19.4 Å². The lowest BCUT2D eigenvalue weighted by atomic mass is 10.1. The number of halogens is 1. The van der Waals surface area contributed by atoms with Crippen LogP contribution in [0.1, 0.15) is 36.7 Å². The number of aromatic nitrogens is 2. The molecule has 160 valence electrons. The maximum Gasteiger partial charge on any atom is 0.407 e. The van der Waals surface area contributed by atoms with Crippen molar-refractivity contribution < 1.29 is 24.2 Å². The number of carbonyl (C=O) groups excluding carboxylic acids is 1. The first-order chi connectivity index (χ1) is 13.0. The Labute approximate surface area is 179 Å². The van der Waals surface area contributed by atoms with Crippen molar-refractivity contribution in [2.24, 2.45) is 0 Å². The van der Waals surface area contributed by atoms with Gasteiger partial charge in [-0.1, -0.05) is 12.2 Å². The second-order valence-corrected chi connectivity index (χ2v) is 7.19. The van der Waals surface area contributed by atoms with Crippen LogP contribution in [0, 0.1) is 6.92 Å². The Morgan fingerprint density at radius 2 is 2.00 bits per heavy atom. The van der Waals surface area contributed by atoms with Crippen molar-refractivity contribution in [3.8, 4) is 5.75 Å². The number of hydrogen-bond acceptors (Lipinski definition) is 6. The zero-order valence-electron chi connectivity index (χ0n) is 17.1. The van der Waals surface area contributed by atoms with Gasteiger partial charge in [-0.25, -0.2) is 14.6 Å². The molecule has 0 saturated heterocycles. The molecule has 4 N–H and O–H groups in total. The van der Waals surface area contributed by atoms with Gasteiger partial charge in [0.25, 0.3) is 0 Å². The van der Waals surface area contributed by atoms with Gasteiger partial charge >= 0.3 is 12.1 Å². The van der Waals surface area contributed by atoms with Crippen molar-refractivity contribution in [3.63, 3.8) is 0 Å². The van der Waals surface area contributed by atoms with Crippen molar-refractivity contribution in [2.45, 2.75) is 39.8 Å². The van der Waals surface area contributed by atoms with E-state index in [4.69, 9.17) is 15.2 Å². The first-order valence-corrected chi connectivity index (χ1v) is 8.73. The van der Waals surface area contributed by atoms with Gasteiger partial charge in [-0.3, -0.25) is 0 Å². The number of benzene rings is 1. The summed E-state index contributed by atoms with van der Waals surface area (Å²) in [6.07, 6.45) is 3.08. The number of carbonyl (C=O) groups is 2. The van der Waals surface area contributed by atoms with Crippen LogP contribution in [0.25, 0.3) is 11.0 Å². The Bertz CT molecular complexity index is 931. The minimum Gasteiger partial charge on any atom is -0.494 e. The molecule has 1 amide bonds. The van der Waals surface area contributed by atoms with Crippen LogP contribution in [-0.4, -0.2) is 46.0 Å². The number of hydrogen-bond donors (Lipinski definition) is 3. The highest BCUT2D eigenvalue weighted by atomic mass is 79.9. The average Bonchev–Trinajstić information content (AvgIpc) is 2.90. The first kappa shape index (κ1) is 24.3. The minimum atomic E-state index is -1.06. The smallest absolute Gasteiger partial charge is 0.407 e. The fourth-order valence-electron chi connectivity index (χ4n) is 2.70. The number of rotatable bonds is 6. The number of alkyl carbamates (subject to hydrolysis) is 1. The number of imidazole rings is 1. The van der Waals surface area contributed by atoms with Gasteiger partial charge in [0.05, 0.1) is 18.2 Å². The quantitative estimate of drug-likeness (QED) is 0.552. The fourth-order valence-corrected chi connectivity index (χ4v) is 2.70. The lowest BCUT2D eigenvalue weighted by Gasteiger charge is -2.19. The van der Waals surface area contributed by atoms with Gasteiger partial charge in [-0.2, -0.15) is 0 Å². The van der Waals surface area contributed by atoms with Crippen LogP contribution in [0.3, 0.4) is 0 Å². The lowest BCUT2D eigenvalue weighted by molar-refractivity contribution is 0.0533. The molecule has 2 aromatic rings. The summed E-state index contributed by atoms with van der Waals surface area (Å²) in [7, 11) is 1.46. The number of carboxylic acids is 1. The molecular weight excluding hydrogens is 444 g/mol. The molecule has 0 atom stereocenters. The molecule has 0 aliphatic rings. The van der Waals surface area contributed by atoms with E-state index in [-0.39, 0.29) is 28.5 Å². The standard InChI is InChI=1S/C19H26N4O5.BrH/c1-11-12(16(24)25)10-13(27-5)15-14(11)22-17(20)23(15)9-7-6-8-21-18(26)28-19(2,3)4;/h6-7,10H,8-9H2,1-5H3,(H2,20,22)(H,21,26)(H,24,25);1H. The monoisotopic (exact) mass is 470 g/mol. The predicted octanol–water partition coefficient (Wildman–Crippen LogP) is 3.29. The zero-order valence-corrected chi connectivity index (χ0v) is 18.8. The van der Waals surface area contributed by atoms with E-state index >= 15 is 0 Å². The van der Waals surface area contributed by atoms with Gasteiger partial charge in [-0.15, -0.1) is 17.0 Å². The fraction of sp³-hybridized carbons (Fsp3) is 0.421. The van der Waals surface area contributed by atoms with Crippen LogP contribution < -0.4 is 15.8 Å². The number of ether oxygens (including phenoxy) is 2. The van der Waals surface area contributed by atoms with Crippen molar-refractivity contribution in [1.29, 1.82) is 0 Å². The largest absolute Gasteiger partial charge is 0.494 e. The highest BCUT2D eigenvalue weighted by Gasteiger charge is 2.20. The van der Waals surface area contributed by atoms with Gasteiger partial charge in [-0.05, 0) is 39.3 Å². The number of nitrogen functional groups attached to an aromatic ring is 1. The SMILES string of the molecule is Br.COc1cc(C(=O)O)c(C)c2nc(N)n(CC=CCNC(=O)OC(C)(C)C)c12. The Kier molecular flexibility index (Phi) is 8.07. The molecule has 10 heteroatoms. The second-order valence-electron chi connectivity index (χ2n) is 7.19. The molecule has 1 heterocycles. The van der Waals surface area contributed by atoms with E-state index in [0.717, 1.165) is 0 Å². The van der Waals surface area contributed by atoms with Gasteiger partial charge in [0.1, 0.15) is 16.9 Å². The highest BCUT2D eigenvalue weighted by molar-refractivity contribution is 8.93. The number of nitrogens with two attached hydrogens (primary N) is 1. The third-order valence-corrected chi connectivity index (χ3v) is 3.93. The van der Waals surface area contributed by atoms with Crippen LogP contribution in [0.15, 0.2) is 18.2 Å². The molecule has 0 spiro atoms. The molecule has 0 radical (unpaired) electrons. The Morgan fingerprint density at radius 1 is 1.34 bits per heavy atom. The van der Waals surface area contributed by atoms with Crippen LogP contribution in [0.4, 0.5) is 10.7 Å². The molecule has 9 nitrogen and oxygen atoms in total. The summed E-state index contributed by atoms with van der Waals surface area (Å²) in [5, 5.41) is 12.0. The Hall–Kier alpha value is -2.75. The van der Waals surface area contributed by atoms with E-state index in [1.54, 1.807) is 38.3 Å². The summed E-state index contributed by atoms with van der Waals surface area (Å²) < 4.78 is 12.2. The molecule has 0 bridgehead atoms. The number of anilines is 1. The summed E-state index contributed by atoms with van der Waals surface area (Å²) in [5.74, 6) is -0.440. The van der Waals surface area contributed by atoms with Crippen molar-refractivity contribution >= 4 is 46.0 Å². The third kappa shape index (κ3) is 5.86. The number of fused-ring (bicyclic) bond motifs is 1. The predicted molar refractivity (Wildman–Crippen MR) is 116 cm³/mol. The van der Waals surface area contributed by atoms with Gasteiger partial charge in [0, 0.05) is 13.1 Å². The van der Waals surface area contributed by atoms with Crippen LogP contribution in [0.2, 0.25) is 0 Å². The Balaban J connectivity index is 0.00000420. The average molecular weight is 471 g/mol. The zero-order chi connectivity index (χ0) is 21.1. The van der Waals surface area contributed by atoms with E-state index in [1.807, 2.05) is 6.08 Å². The number of nitrogens with zero attached hydrogens (tertiary/aromatic N) is 2. The number of aryl methyl sites for hydroxylation is 1. The number of aromatic carboxylic acids is 1. The summed E-state index contributed by atoms with van der Waals surface area (Å²) in [4.78, 5) is 27.4. The molecule has 29 heavy (non-hydrogen) atoms. The highest BCUT2D eigenvalue weighted by Crippen LogP contribution is 2.32. The Morgan fingerprint density at radius 3 is 2.55 bits per heavy atom. The molecular formula is C19H27BrN4O5. The van der Waals surface area contributed by atoms with Gasteiger partial charge in [0.2, 0.25) is 5.95 Å². The third-order valence-electron chi connectivity index (χ3n) is 3.93. The molecule has 1 aromatic heterocycles. The van der Waals surface area contributed by atoms with Gasteiger partial charge in [0.15, 0.2) is 0 Å². The molecule has 2 rings (SSSR count). The number of methoxy groups -OCH3 is 1. The van der Waals surface area contributed by atoms with Crippen molar-refractivity contribution in [1.82, 2.24) is 14.9 Å². The van der Waals surface area contributed by atoms with Gasteiger partial charge < -0.3 is 30.2 Å². The second kappa shape index (κ2) is 9.64. The molecule has 0 aliphatic heterocycles. The summed E-state index contributed by atoms with van der Waals surface area (Å²) in [6.45, 7) is 7.73. The molecule has 0 unspecified atom stereocenters. The topological polar surface area (TPSA) is 129 Å². The van der Waals surface area contributed by atoms with E-state index < -0.39 is 17.7 Å². The van der Waals surface area contributed by atoms with Crippen molar-refractivity contribution in [3.05, 3.63) is 29.3 Å². The number of nitrogens with one attached hydrogen (secondary N) is 1. The molecule has 0 saturated carbocycles. The van der Waals surface area contributed by atoms with Crippen LogP contribution in [0.5, 0.6) is 5.75 Å².